The van der Waals surface area contributed by atoms with E-state index in [-0.39, 0.29) is 18.6 Å². The van der Waals surface area contributed by atoms with Gasteiger partial charge in [-0.1, -0.05) is 0 Å². The highest BCUT2D eigenvalue weighted by molar-refractivity contribution is 5.00. The van der Waals surface area contributed by atoms with Gasteiger partial charge in [-0.2, -0.15) is 0 Å². The normalized spacial score (nSPS) is 44.1. The molecule has 5 nitrogen and oxygen atoms in total. The summed E-state index contributed by atoms with van der Waals surface area (Å²) in [6, 6.07) is 0. The van der Waals surface area contributed by atoms with Gasteiger partial charge >= 0.3 is 0 Å². The maximum atomic E-state index is 9.23. The molecule has 2 aliphatic carbocycles. The van der Waals surface area contributed by atoms with E-state index in [1.807, 2.05) is 0 Å². The first kappa shape index (κ1) is 14.7. The van der Waals surface area contributed by atoms with Crippen molar-refractivity contribution in [2.24, 2.45) is 17.3 Å². The Morgan fingerprint density at radius 2 is 1.75 bits per heavy atom. The molecule has 4 fully saturated rings. The molecule has 0 aromatic rings. The Kier molecular flexibility index (Phi) is 4.62. The smallest absolute Gasteiger partial charge is 0.104 e. The maximum Gasteiger partial charge on any atom is 0.104 e. The van der Waals surface area contributed by atoms with Crippen LogP contribution < -0.4 is 0 Å². The summed E-state index contributed by atoms with van der Waals surface area (Å²) < 4.78 is 15.1. The molecule has 0 aromatic carbocycles. The molecule has 4 rings (SSSR count). The lowest BCUT2D eigenvalue weighted by Gasteiger charge is -2.31. The monoisotopic (exact) mass is 286 g/mol. The fraction of sp³-hybridized carbons (Fsp3) is 1.00. The van der Waals surface area contributed by atoms with Gasteiger partial charge in [-0.05, 0) is 42.9 Å². The summed E-state index contributed by atoms with van der Waals surface area (Å²) in [5.74, 6) is 1.20. The Hall–Kier alpha value is -0.200. The second kappa shape index (κ2) is 6.28. The largest absolute Gasteiger partial charge is 0.396 e. The Morgan fingerprint density at radius 3 is 2.15 bits per heavy atom. The molecule has 20 heavy (non-hydrogen) atoms. The van der Waals surface area contributed by atoms with E-state index in [0.717, 1.165) is 51.6 Å². The highest BCUT2D eigenvalue weighted by Gasteiger charge is 2.50. The summed E-state index contributed by atoms with van der Waals surface area (Å²) in [6.45, 7) is 3.82. The van der Waals surface area contributed by atoms with Gasteiger partial charge in [0.1, 0.15) is 12.2 Å². The predicted octanol–water partition coefficient (Wildman–Crippen LogP) is 0.578. The number of hydrogen-bond donors (Lipinski definition) is 2. The van der Waals surface area contributed by atoms with E-state index in [2.05, 4.69) is 0 Å². The zero-order valence-corrected chi connectivity index (χ0v) is 12.0. The van der Waals surface area contributed by atoms with E-state index in [9.17, 15) is 5.11 Å². The third-order valence-electron chi connectivity index (χ3n) is 5.18. The molecule has 116 valence electrons. The SMILES string of the molecule is C(OCC1CO1)C1CO1.OCC1CC2CCC1(CO)C2. The van der Waals surface area contributed by atoms with E-state index in [1.54, 1.807) is 0 Å². The van der Waals surface area contributed by atoms with E-state index < -0.39 is 0 Å². The summed E-state index contributed by atoms with van der Waals surface area (Å²) in [4.78, 5) is 0. The predicted molar refractivity (Wildman–Crippen MR) is 72.4 cm³/mol. The van der Waals surface area contributed by atoms with Crippen LogP contribution in [0.4, 0.5) is 0 Å². The number of aliphatic hydroxyl groups excluding tert-OH is 2. The van der Waals surface area contributed by atoms with E-state index >= 15 is 0 Å². The molecule has 4 aliphatic rings. The fourth-order valence-electron chi connectivity index (χ4n) is 3.70. The molecule has 0 amide bonds. The van der Waals surface area contributed by atoms with Crippen molar-refractivity contribution in [3.05, 3.63) is 0 Å². The average molecular weight is 286 g/mol. The van der Waals surface area contributed by atoms with Gasteiger partial charge in [-0.3, -0.25) is 0 Å². The number of fused-ring (bicyclic) bond motifs is 2. The summed E-state index contributed by atoms with van der Waals surface area (Å²) in [5, 5.41) is 18.3. The molecule has 2 saturated heterocycles. The van der Waals surface area contributed by atoms with Crippen LogP contribution in [0.5, 0.6) is 0 Å². The van der Waals surface area contributed by atoms with Crippen LogP contribution in [0, 0.1) is 17.3 Å². The zero-order valence-electron chi connectivity index (χ0n) is 12.0. The lowest BCUT2D eigenvalue weighted by molar-refractivity contribution is 0.0453. The van der Waals surface area contributed by atoms with Gasteiger partial charge in [0.15, 0.2) is 0 Å². The van der Waals surface area contributed by atoms with Crippen LogP contribution in [0.25, 0.3) is 0 Å². The van der Waals surface area contributed by atoms with Crippen LogP contribution in [-0.4, -0.2) is 62.1 Å². The lowest BCUT2D eigenvalue weighted by atomic mass is 9.76. The van der Waals surface area contributed by atoms with Crippen molar-refractivity contribution >= 4 is 0 Å². The van der Waals surface area contributed by atoms with Crippen LogP contribution in [0.15, 0.2) is 0 Å². The quantitative estimate of drug-likeness (QED) is 0.699. The van der Waals surface area contributed by atoms with Crippen LogP contribution in [0.1, 0.15) is 25.7 Å². The Labute approximate surface area is 120 Å². The first-order valence-corrected chi connectivity index (χ1v) is 7.78. The lowest BCUT2D eigenvalue weighted by Crippen LogP contribution is -2.31. The van der Waals surface area contributed by atoms with Gasteiger partial charge in [-0.25, -0.2) is 0 Å². The van der Waals surface area contributed by atoms with Gasteiger partial charge in [0, 0.05) is 13.2 Å². The standard InChI is InChI=1S/C9H16O2.C6H10O3/c10-5-8-3-7-1-2-9(8,4-7)6-11;1(5-3-8-5)7-2-6-4-9-6/h7-8,10-11H,1-6H2;5-6H,1-4H2. The molecule has 0 aromatic heterocycles. The van der Waals surface area contributed by atoms with Crippen molar-refractivity contribution in [1.29, 1.82) is 0 Å². The topological polar surface area (TPSA) is 74.8 Å². The molecule has 0 radical (unpaired) electrons. The zero-order chi connectivity index (χ0) is 14.0. The second-order valence-electron chi connectivity index (χ2n) is 6.69. The van der Waals surface area contributed by atoms with Gasteiger partial charge in [0.05, 0.1) is 26.4 Å². The minimum absolute atomic E-state index is 0.124. The first-order valence-electron chi connectivity index (χ1n) is 7.78. The molecule has 2 N–H and O–H groups in total. The van der Waals surface area contributed by atoms with E-state index in [0.29, 0.717) is 18.1 Å². The minimum Gasteiger partial charge on any atom is -0.396 e. The van der Waals surface area contributed by atoms with Crippen molar-refractivity contribution < 1.29 is 24.4 Å². The van der Waals surface area contributed by atoms with Crippen molar-refractivity contribution in [3.8, 4) is 0 Å². The fourth-order valence-corrected chi connectivity index (χ4v) is 3.70. The van der Waals surface area contributed by atoms with E-state index in [4.69, 9.17) is 19.3 Å². The highest BCUT2D eigenvalue weighted by atomic mass is 16.6. The van der Waals surface area contributed by atoms with Crippen LogP contribution in [0.2, 0.25) is 0 Å². The van der Waals surface area contributed by atoms with Crippen LogP contribution >= 0.6 is 0 Å². The summed E-state index contributed by atoms with van der Waals surface area (Å²) in [6.07, 6.45) is 5.51. The van der Waals surface area contributed by atoms with Crippen LogP contribution in [-0.2, 0) is 14.2 Å². The molecule has 0 spiro atoms. The molecule has 5 heteroatoms. The first-order chi connectivity index (χ1) is 9.75. The molecular formula is C15H26O5. The number of epoxide rings is 2. The second-order valence-corrected chi connectivity index (χ2v) is 6.69. The van der Waals surface area contributed by atoms with Crippen molar-refractivity contribution in [1.82, 2.24) is 0 Å². The van der Waals surface area contributed by atoms with Crippen LogP contribution in [0.3, 0.4) is 0 Å². The third kappa shape index (κ3) is 3.52. The van der Waals surface area contributed by atoms with Gasteiger partial charge in [-0.15, -0.1) is 0 Å². The number of aliphatic hydroxyl groups is 2. The van der Waals surface area contributed by atoms with Gasteiger partial charge in [0.2, 0.25) is 0 Å². The van der Waals surface area contributed by atoms with Crippen molar-refractivity contribution in [3.63, 3.8) is 0 Å². The number of hydrogen-bond acceptors (Lipinski definition) is 5. The molecule has 2 aliphatic heterocycles. The number of rotatable bonds is 6. The summed E-state index contributed by atoms with van der Waals surface area (Å²) >= 11 is 0. The van der Waals surface area contributed by atoms with Gasteiger partial charge in [0.25, 0.3) is 0 Å². The number of ether oxygens (including phenoxy) is 3. The average Bonchev–Trinajstić information content (AvgIpc) is 3.40. The molecule has 5 atom stereocenters. The minimum atomic E-state index is 0.124. The Bertz CT molecular complexity index is 303. The third-order valence-corrected chi connectivity index (χ3v) is 5.18. The van der Waals surface area contributed by atoms with E-state index in [1.165, 1.54) is 6.42 Å². The highest BCUT2D eigenvalue weighted by Crippen LogP contribution is 2.57. The molecule has 2 heterocycles. The maximum absolute atomic E-state index is 9.23. The molecular weight excluding hydrogens is 260 g/mol. The Balaban J connectivity index is 0.000000123. The van der Waals surface area contributed by atoms with Crippen molar-refractivity contribution in [2.75, 3.05) is 39.6 Å². The summed E-state index contributed by atoms with van der Waals surface area (Å²) in [5.41, 5.74) is 0.124. The molecule has 2 saturated carbocycles. The van der Waals surface area contributed by atoms with Crippen molar-refractivity contribution in [2.45, 2.75) is 37.9 Å². The van der Waals surface area contributed by atoms with Gasteiger partial charge < -0.3 is 24.4 Å². The summed E-state index contributed by atoms with van der Waals surface area (Å²) in [7, 11) is 0. The molecule has 2 bridgehead atoms. The molecule has 5 unspecified atom stereocenters. The Morgan fingerprint density at radius 1 is 1.10 bits per heavy atom.